The van der Waals surface area contributed by atoms with Gasteiger partial charge in [0.1, 0.15) is 0 Å². The standard InChI is InChI=1S/C11H20N2O2S/c1-8(9(12)16)10(14)13-7-11(2)3-5-15-6-4-11/h8H,3-7H2,1-2H3,(H2,12,16)(H,13,14). The van der Waals surface area contributed by atoms with Crippen LogP contribution < -0.4 is 11.1 Å². The Balaban J connectivity index is 2.38. The summed E-state index contributed by atoms with van der Waals surface area (Å²) in [7, 11) is 0. The maximum Gasteiger partial charge on any atom is 0.229 e. The number of nitrogens with two attached hydrogens (primary N) is 1. The Morgan fingerprint density at radius 3 is 2.62 bits per heavy atom. The minimum atomic E-state index is -0.390. The first-order chi connectivity index (χ1) is 7.44. The molecule has 5 heteroatoms. The summed E-state index contributed by atoms with van der Waals surface area (Å²) < 4.78 is 5.30. The summed E-state index contributed by atoms with van der Waals surface area (Å²) >= 11 is 4.79. The molecule has 1 rings (SSSR count). The van der Waals surface area contributed by atoms with Crippen molar-refractivity contribution in [1.82, 2.24) is 5.32 Å². The van der Waals surface area contributed by atoms with E-state index in [4.69, 9.17) is 22.7 Å². The largest absolute Gasteiger partial charge is 0.393 e. The molecule has 16 heavy (non-hydrogen) atoms. The second kappa shape index (κ2) is 5.59. The molecule has 4 nitrogen and oxygen atoms in total. The van der Waals surface area contributed by atoms with Crippen LogP contribution in [-0.4, -0.2) is 30.7 Å². The lowest BCUT2D eigenvalue weighted by Crippen LogP contribution is -2.43. The zero-order chi connectivity index (χ0) is 12.2. The molecule has 1 unspecified atom stereocenters. The molecule has 92 valence electrons. The fourth-order valence-electron chi connectivity index (χ4n) is 1.62. The van der Waals surface area contributed by atoms with Crippen molar-refractivity contribution in [3.05, 3.63) is 0 Å². The van der Waals surface area contributed by atoms with Gasteiger partial charge in [-0.05, 0) is 25.2 Å². The quantitative estimate of drug-likeness (QED) is 0.719. The predicted octanol–water partition coefficient (Wildman–Crippen LogP) is 0.842. The average molecular weight is 244 g/mol. The number of ether oxygens (including phenoxy) is 1. The van der Waals surface area contributed by atoms with Crippen LogP contribution in [0.25, 0.3) is 0 Å². The van der Waals surface area contributed by atoms with Crippen LogP contribution in [0.3, 0.4) is 0 Å². The smallest absolute Gasteiger partial charge is 0.229 e. The van der Waals surface area contributed by atoms with Crippen molar-refractivity contribution in [2.75, 3.05) is 19.8 Å². The van der Waals surface area contributed by atoms with Crippen molar-refractivity contribution < 1.29 is 9.53 Å². The van der Waals surface area contributed by atoms with Crippen LogP contribution in [0.2, 0.25) is 0 Å². The molecule has 0 aromatic carbocycles. The van der Waals surface area contributed by atoms with E-state index < -0.39 is 5.92 Å². The molecule has 0 bridgehead atoms. The molecule has 1 heterocycles. The minimum absolute atomic E-state index is 0.0831. The first kappa shape index (κ1) is 13.4. The number of thiocarbonyl (C=S) groups is 1. The molecule has 1 aliphatic rings. The van der Waals surface area contributed by atoms with E-state index in [1.807, 2.05) is 0 Å². The Morgan fingerprint density at radius 2 is 2.12 bits per heavy atom. The van der Waals surface area contributed by atoms with E-state index >= 15 is 0 Å². The van der Waals surface area contributed by atoms with Gasteiger partial charge in [-0.1, -0.05) is 19.1 Å². The number of amides is 1. The Kier molecular flexibility index (Phi) is 4.68. The first-order valence-electron chi connectivity index (χ1n) is 5.59. The number of carbonyl (C=O) groups is 1. The van der Waals surface area contributed by atoms with E-state index in [0.29, 0.717) is 6.54 Å². The van der Waals surface area contributed by atoms with Crippen LogP contribution in [0.15, 0.2) is 0 Å². The fourth-order valence-corrected chi connectivity index (χ4v) is 1.73. The van der Waals surface area contributed by atoms with Gasteiger partial charge in [0.2, 0.25) is 5.91 Å². The number of hydrogen-bond acceptors (Lipinski definition) is 3. The molecule has 0 aliphatic carbocycles. The molecule has 0 spiro atoms. The average Bonchev–Trinajstić information content (AvgIpc) is 2.26. The lowest BCUT2D eigenvalue weighted by Gasteiger charge is -2.33. The zero-order valence-corrected chi connectivity index (χ0v) is 10.7. The minimum Gasteiger partial charge on any atom is -0.393 e. The summed E-state index contributed by atoms with van der Waals surface area (Å²) in [5, 5.41) is 2.91. The molecule has 1 atom stereocenters. The SMILES string of the molecule is CC(C(=O)NCC1(C)CCOCC1)C(N)=S. The van der Waals surface area contributed by atoms with E-state index in [2.05, 4.69) is 12.2 Å². The molecule has 1 fully saturated rings. The molecular formula is C11H20N2O2S. The highest BCUT2D eigenvalue weighted by Crippen LogP contribution is 2.28. The Labute approximate surface area is 102 Å². The lowest BCUT2D eigenvalue weighted by molar-refractivity contribution is -0.123. The zero-order valence-electron chi connectivity index (χ0n) is 9.91. The molecule has 3 N–H and O–H groups in total. The van der Waals surface area contributed by atoms with Gasteiger partial charge in [-0.2, -0.15) is 0 Å². The Bertz CT molecular complexity index is 275. The van der Waals surface area contributed by atoms with Crippen LogP contribution in [0.4, 0.5) is 0 Å². The molecule has 0 aromatic rings. The monoisotopic (exact) mass is 244 g/mol. The maximum absolute atomic E-state index is 11.7. The van der Waals surface area contributed by atoms with Crippen molar-refractivity contribution in [2.24, 2.45) is 17.1 Å². The summed E-state index contributed by atoms with van der Waals surface area (Å²) in [4.78, 5) is 11.9. The summed E-state index contributed by atoms with van der Waals surface area (Å²) in [6.07, 6.45) is 1.96. The molecule has 1 saturated heterocycles. The van der Waals surface area contributed by atoms with Gasteiger partial charge in [0.25, 0.3) is 0 Å². The number of nitrogens with one attached hydrogen (secondary N) is 1. The molecular weight excluding hydrogens is 224 g/mol. The van der Waals surface area contributed by atoms with Crippen molar-refractivity contribution in [3.63, 3.8) is 0 Å². The van der Waals surface area contributed by atoms with Crippen molar-refractivity contribution in [1.29, 1.82) is 0 Å². The third kappa shape index (κ3) is 3.72. The number of carbonyl (C=O) groups excluding carboxylic acids is 1. The van der Waals surface area contributed by atoms with Gasteiger partial charge >= 0.3 is 0 Å². The van der Waals surface area contributed by atoms with Crippen LogP contribution in [0, 0.1) is 11.3 Å². The Hall–Kier alpha value is -0.680. The highest BCUT2D eigenvalue weighted by Gasteiger charge is 2.28. The predicted molar refractivity (Wildman–Crippen MR) is 67.1 cm³/mol. The van der Waals surface area contributed by atoms with Gasteiger partial charge in [-0.25, -0.2) is 0 Å². The van der Waals surface area contributed by atoms with Crippen molar-refractivity contribution in [3.8, 4) is 0 Å². The highest BCUT2D eigenvalue weighted by atomic mass is 32.1. The topological polar surface area (TPSA) is 64.3 Å². The first-order valence-corrected chi connectivity index (χ1v) is 6.00. The molecule has 1 amide bonds. The van der Waals surface area contributed by atoms with Crippen molar-refractivity contribution >= 4 is 23.1 Å². The molecule has 1 aliphatic heterocycles. The second-order valence-electron chi connectivity index (χ2n) is 4.76. The van der Waals surface area contributed by atoms with Gasteiger partial charge < -0.3 is 15.8 Å². The van der Waals surface area contributed by atoms with Crippen LogP contribution in [-0.2, 0) is 9.53 Å². The number of hydrogen-bond donors (Lipinski definition) is 2. The van der Waals surface area contributed by atoms with E-state index in [-0.39, 0.29) is 16.3 Å². The second-order valence-corrected chi connectivity index (χ2v) is 5.24. The molecule has 0 saturated carbocycles. The third-order valence-electron chi connectivity index (χ3n) is 3.21. The molecule has 0 radical (unpaired) electrons. The van der Waals surface area contributed by atoms with Gasteiger partial charge in [-0.15, -0.1) is 0 Å². The summed E-state index contributed by atoms with van der Waals surface area (Å²) in [5.74, 6) is -0.473. The summed E-state index contributed by atoms with van der Waals surface area (Å²) in [6.45, 7) is 6.11. The van der Waals surface area contributed by atoms with Gasteiger partial charge in [0.05, 0.1) is 10.9 Å². The maximum atomic E-state index is 11.7. The van der Waals surface area contributed by atoms with E-state index in [1.165, 1.54) is 0 Å². The number of rotatable bonds is 4. The van der Waals surface area contributed by atoms with Gasteiger partial charge in [0.15, 0.2) is 0 Å². The van der Waals surface area contributed by atoms with Crippen LogP contribution >= 0.6 is 12.2 Å². The summed E-state index contributed by atoms with van der Waals surface area (Å²) in [5.41, 5.74) is 5.57. The van der Waals surface area contributed by atoms with Gasteiger partial charge in [-0.3, -0.25) is 4.79 Å². The third-order valence-corrected chi connectivity index (χ3v) is 3.56. The Morgan fingerprint density at radius 1 is 1.56 bits per heavy atom. The van der Waals surface area contributed by atoms with Crippen LogP contribution in [0.5, 0.6) is 0 Å². The highest BCUT2D eigenvalue weighted by molar-refractivity contribution is 7.80. The van der Waals surface area contributed by atoms with E-state index in [0.717, 1.165) is 26.1 Å². The lowest BCUT2D eigenvalue weighted by atomic mass is 9.82. The van der Waals surface area contributed by atoms with Crippen LogP contribution in [0.1, 0.15) is 26.7 Å². The van der Waals surface area contributed by atoms with Gasteiger partial charge in [0, 0.05) is 19.8 Å². The fraction of sp³-hybridized carbons (Fsp3) is 0.818. The molecule has 0 aromatic heterocycles. The summed E-state index contributed by atoms with van der Waals surface area (Å²) in [6, 6.07) is 0. The van der Waals surface area contributed by atoms with E-state index in [9.17, 15) is 4.79 Å². The van der Waals surface area contributed by atoms with Crippen molar-refractivity contribution in [2.45, 2.75) is 26.7 Å². The van der Waals surface area contributed by atoms with E-state index in [1.54, 1.807) is 6.92 Å². The normalized spacial score (nSPS) is 21.1.